The summed E-state index contributed by atoms with van der Waals surface area (Å²) in [5.74, 6) is -0.112. The van der Waals surface area contributed by atoms with Gasteiger partial charge >= 0.3 is 6.72 Å². The van der Waals surface area contributed by atoms with Gasteiger partial charge in [-0.2, -0.15) is 4.98 Å². The van der Waals surface area contributed by atoms with Crippen LogP contribution in [0, 0.1) is 0 Å². The van der Waals surface area contributed by atoms with Crippen LogP contribution in [0.15, 0.2) is 6.07 Å². The van der Waals surface area contributed by atoms with Gasteiger partial charge in [-0.15, -0.1) is 0 Å². The Morgan fingerprint density at radius 1 is 1.40 bits per heavy atom. The SMILES string of the molecule is COP(O)(=S)Oc1nc(Cl)c(Cl)cc1Cl. The van der Waals surface area contributed by atoms with E-state index in [2.05, 4.69) is 21.3 Å². The van der Waals surface area contributed by atoms with Crippen LogP contribution in [0.2, 0.25) is 15.2 Å². The van der Waals surface area contributed by atoms with Crippen LogP contribution in [0.25, 0.3) is 0 Å². The third-order valence-corrected chi connectivity index (χ3v) is 3.77. The van der Waals surface area contributed by atoms with Crippen LogP contribution in [0.1, 0.15) is 0 Å². The molecule has 0 saturated heterocycles. The molecule has 15 heavy (non-hydrogen) atoms. The fourth-order valence-corrected chi connectivity index (χ4v) is 1.87. The molecular formula is C6H5Cl3NO3PS. The summed E-state index contributed by atoms with van der Waals surface area (Å²) in [6.07, 6.45) is 0. The molecule has 1 atom stereocenters. The van der Waals surface area contributed by atoms with Crippen molar-refractivity contribution in [2.75, 3.05) is 7.11 Å². The lowest BCUT2D eigenvalue weighted by Gasteiger charge is -2.14. The minimum atomic E-state index is -3.37. The highest BCUT2D eigenvalue weighted by Crippen LogP contribution is 2.45. The van der Waals surface area contributed by atoms with Crippen LogP contribution in [0.3, 0.4) is 0 Å². The van der Waals surface area contributed by atoms with E-state index in [1.807, 2.05) is 0 Å². The molecule has 0 amide bonds. The van der Waals surface area contributed by atoms with Gasteiger partial charge in [0.15, 0.2) is 5.15 Å². The minimum Gasteiger partial charge on any atom is -0.404 e. The zero-order valence-electron chi connectivity index (χ0n) is 7.28. The van der Waals surface area contributed by atoms with Crippen molar-refractivity contribution in [3.63, 3.8) is 0 Å². The van der Waals surface area contributed by atoms with Crippen molar-refractivity contribution >= 4 is 53.3 Å². The van der Waals surface area contributed by atoms with Gasteiger partial charge in [-0.05, 0) is 6.07 Å². The van der Waals surface area contributed by atoms with E-state index >= 15 is 0 Å². The summed E-state index contributed by atoms with van der Waals surface area (Å²) >= 11 is 21.6. The average molecular weight is 309 g/mol. The van der Waals surface area contributed by atoms with Gasteiger partial charge in [0, 0.05) is 18.9 Å². The molecule has 1 rings (SSSR count). The van der Waals surface area contributed by atoms with Crippen molar-refractivity contribution in [1.29, 1.82) is 0 Å². The molecule has 1 unspecified atom stereocenters. The first-order valence-electron chi connectivity index (χ1n) is 3.45. The van der Waals surface area contributed by atoms with E-state index < -0.39 is 6.72 Å². The smallest absolute Gasteiger partial charge is 0.378 e. The Morgan fingerprint density at radius 3 is 2.53 bits per heavy atom. The van der Waals surface area contributed by atoms with E-state index in [4.69, 9.17) is 39.3 Å². The number of aromatic nitrogens is 1. The van der Waals surface area contributed by atoms with Crippen LogP contribution in [-0.4, -0.2) is 17.0 Å². The largest absolute Gasteiger partial charge is 0.404 e. The fraction of sp³-hybridized carbons (Fsp3) is 0.167. The molecule has 0 fully saturated rings. The molecule has 0 saturated carbocycles. The molecule has 0 spiro atoms. The van der Waals surface area contributed by atoms with Crippen LogP contribution in [0.4, 0.5) is 0 Å². The monoisotopic (exact) mass is 307 g/mol. The maximum atomic E-state index is 9.37. The number of rotatable bonds is 3. The average Bonchev–Trinajstić information content (AvgIpc) is 2.14. The Labute approximate surface area is 106 Å². The van der Waals surface area contributed by atoms with E-state index in [9.17, 15) is 4.89 Å². The number of pyridine rings is 1. The van der Waals surface area contributed by atoms with E-state index in [0.717, 1.165) is 0 Å². The first-order valence-corrected chi connectivity index (χ1v) is 7.18. The molecule has 0 bridgehead atoms. The molecule has 0 aromatic carbocycles. The van der Waals surface area contributed by atoms with Gasteiger partial charge in [0.1, 0.15) is 5.02 Å². The van der Waals surface area contributed by atoms with Gasteiger partial charge in [0.25, 0.3) is 0 Å². The first kappa shape index (κ1) is 13.5. The maximum Gasteiger partial charge on any atom is 0.378 e. The van der Waals surface area contributed by atoms with Crippen LogP contribution < -0.4 is 4.52 Å². The van der Waals surface area contributed by atoms with E-state index in [-0.39, 0.29) is 21.1 Å². The molecule has 0 aliphatic carbocycles. The summed E-state index contributed by atoms with van der Waals surface area (Å²) in [5.41, 5.74) is 0. The number of hydrogen-bond donors (Lipinski definition) is 1. The molecule has 4 nitrogen and oxygen atoms in total. The maximum absolute atomic E-state index is 9.37. The number of hydrogen-bond acceptors (Lipinski definition) is 4. The highest BCUT2D eigenvalue weighted by molar-refractivity contribution is 8.07. The van der Waals surface area contributed by atoms with Crippen LogP contribution >= 0.6 is 41.5 Å². The van der Waals surface area contributed by atoms with Crippen LogP contribution in [0.5, 0.6) is 5.88 Å². The van der Waals surface area contributed by atoms with Crippen molar-refractivity contribution in [3.05, 3.63) is 21.3 Å². The lowest BCUT2D eigenvalue weighted by Crippen LogP contribution is -1.96. The summed E-state index contributed by atoms with van der Waals surface area (Å²) in [7, 11) is 1.21. The molecule has 0 aliphatic rings. The van der Waals surface area contributed by atoms with Gasteiger partial charge in [-0.25, -0.2) is 0 Å². The van der Waals surface area contributed by atoms with Gasteiger partial charge in [0.2, 0.25) is 5.88 Å². The van der Waals surface area contributed by atoms with Gasteiger partial charge < -0.3 is 13.9 Å². The highest BCUT2D eigenvalue weighted by Gasteiger charge is 2.19. The quantitative estimate of drug-likeness (QED) is 0.686. The first-order chi connectivity index (χ1) is 6.85. The Balaban J connectivity index is 3.06. The van der Waals surface area contributed by atoms with E-state index in [1.165, 1.54) is 13.2 Å². The van der Waals surface area contributed by atoms with Crippen molar-refractivity contribution in [2.24, 2.45) is 0 Å². The second-order valence-electron chi connectivity index (χ2n) is 2.29. The lowest BCUT2D eigenvalue weighted by atomic mass is 10.5. The van der Waals surface area contributed by atoms with Crippen LogP contribution in [-0.2, 0) is 16.3 Å². The number of halogens is 3. The molecule has 1 aromatic heterocycles. The van der Waals surface area contributed by atoms with Crippen molar-refractivity contribution in [3.8, 4) is 5.88 Å². The summed E-state index contributed by atoms with van der Waals surface area (Å²) in [5, 5.41) is 0.268. The van der Waals surface area contributed by atoms with Gasteiger partial charge in [-0.3, -0.25) is 0 Å². The minimum absolute atomic E-state index is 0.00201. The predicted molar refractivity (Wildman–Crippen MR) is 63.4 cm³/mol. The molecule has 9 heteroatoms. The second kappa shape index (κ2) is 5.15. The molecular weight excluding hydrogens is 303 g/mol. The second-order valence-corrected chi connectivity index (χ2v) is 6.33. The normalized spacial score (nSPS) is 14.7. The molecule has 0 aliphatic heterocycles. The molecule has 1 N–H and O–H groups in total. The topological polar surface area (TPSA) is 51.6 Å². The molecule has 1 aromatic rings. The fourth-order valence-electron chi connectivity index (χ4n) is 0.639. The van der Waals surface area contributed by atoms with E-state index in [0.29, 0.717) is 0 Å². The molecule has 1 heterocycles. The zero-order valence-corrected chi connectivity index (χ0v) is 11.3. The van der Waals surface area contributed by atoms with Crippen molar-refractivity contribution in [2.45, 2.75) is 0 Å². The Hall–Kier alpha value is 0.390. The van der Waals surface area contributed by atoms with Gasteiger partial charge in [-0.1, -0.05) is 34.8 Å². The summed E-state index contributed by atoms with van der Waals surface area (Å²) in [6, 6.07) is 1.33. The predicted octanol–water partition coefficient (Wildman–Crippen LogP) is 3.28. The third kappa shape index (κ3) is 3.71. The zero-order chi connectivity index (χ0) is 11.6. The van der Waals surface area contributed by atoms with Gasteiger partial charge in [0.05, 0.1) is 5.02 Å². The van der Waals surface area contributed by atoms with Crippen molar-refractivity contribution < 1.29 is 13.9 Å². The van der Waals surface area contributed by atoms with E-state index in [1.54, 1.807) is 0 Å². The molecule has 84 valence electrons. The Kier molecular flexibility index (Phi) is 4.62. The standard InChI is InChI=1S/C6H5Cl3NO3PS/c1-12-14(11,15)13-6-4(8)2-3(7)5(9)10-6/h2H,1H3,(H,11,15). The summed E-state index contributed by atoms with van der Waals surface area (Å²) < 4.78 is 9.44. The summed E-state index contributed by atoms with van der Waals surface area (Å²) in [6.45, 7) is -3.37. The summed E-state index contributed by atoms with van der Waals surface area (Å²) in [4.78, 5) is 13.1. The lowest BCUT2D eigenvalue weighted by molar-refractivity contribution is 0.309. The molecule has 0 radical (unpaired) electrons. The third-order valence-electron chi connectivity index (χ3n) is 1.29. The number of nitrogens with zero attached hydrogens (tertiary/aromatic N) is 1. The van der Waals surface area contributed by atoms with Crippen molar-refractivity contribution in [1.82, 2.24) is 4.98 Å². The Morgan fingerprint density at radius 2 is 2.00 bits per heavy atom. The Bertz CT molecular complexity index is 430. The highest BCUT2D eigenvalue weighted by atomic mass is 35.5.